The fourth-order valence-electron chi connectivity index (χ4n) is 1.80. The quantitative estimate of drug-likeness (QED) is 0.785. The average molecular weight is 294 g/mol. The Balaban J connectivity index is 2.13. The molecule has 5 nitrogen and oxygen atoms in total. The van der Waals surface area contributed by atoms with Gasteiger partial charge in [0.25, 0.3) is 0 Å². The van der Waals surface area contributed by atoms with Crippen molar-refractivity contribution in [2.45, 2.75) is 19.1 Å². The molecule has 2 aromatic rings. The molecule has 3 N–H and O–H groups in total. The Morgan fingerprint density at radius 2 is 1.95 bits per heavy atom. The number of aliphatic hydroxyl groups excluding tert-OH is 2. The first-order chi connectivity index (χ1) is 9.60. The van der Waals surface area contributed by atoms with Crippen molar-refractivity contribution in [2.75, 3.05) is 11.9 Å². The molecule has 0 radical (unpaired) electrons. The maximum absolute atomic E-state index is 10.3. The summed E-state index contributed by atoms with van der Waals surface area (Å²) in [4.78, 5) is 8.24. The van der Waals surface area contributed by atoms with Gasteiger partial charge in [-0.05, 0) is 30.7 Å². The monoisotopic (exact) mass is 293 g/mol. The Hall–Kier alpha value is -1.69. The summed E-state index contributed by atoms with van der Waals surface area (Å²) < 4.78 is 0. The van der Waals surface area contributed by atoms with E-state index < -0.39 is 12.1 Å². The van der Waals surface area contributed by atoms with Crippen LogP contribution in [0, 0.1) is 6.92 Å². The van der Waals surface area contributed by atoms with Gasteiger partial charge in [-0.15, -0.1) is 0 Å². The lowest BCUT2D eigenvalue weighted by Crippen LogP contribution is -2.32. The van der Waals surface area contributed by atoms with Crippen LogP contribution in [0.1, 0.15) is 17.4 Å². The summed E-state index contributed by atoms with van der Waals surface area (Å²) in [5, 5.41) is 23.2. The van der Waals surface area contributed by atoms with Gasteiger partial charge < -0.3 is 15.5 Å². The summed E-state index contributed by atoms with van der Waals surface area (Å²) in [7, 11) is 0. The summed E-state index contributed by atoms with van der Waals surface area (Å²) in [6, 6.07) is 7.99. The van der Waals surface area contributed by atoms with Crippen LogP contribution in [0.3, 0.4) is 0 Å². The zero-order chi connectivity index (χ0) is 14.5. The van der Waals surface area contributed by atoms with Gasteiger partial charge in [-0.25, -0.2) is 9.97 Å². The minimum absolute atomic E-state index is 0.249. The summed E-state index contributed by atoms with van der Waals surface area (Å²) in [5.74, 6) is 0.372. The number of hydrogen-bond acceptors (Lipinski definition) is 5. The Bertz CT molecular complexity index is 563. The van der Waals surface area contributed by atoms with Gasteiger partial charge in [0.05, 0.1) is 12.6 Å². The number of rotatable bonds is 5. The number of anilines is 1. The highest BCUT2D eigenvalue weighted by Crippen LogP contribution is 2.21. The second-order valence-electron chi connectivity index (χ2n) is 4.45. The topological polar surface area (TPSA) is 78.3 Å². The molecule has 1 heterocycles. The number of hydrogen-bond donors (Lipinski definition) is 3. The Morgan fingerprint density at radius 1 is 1.25 bits per heavy atom. The molecule has 0 aliphatic rings. The van der Waals surface area contributed by atoms with Crippen molar-refractivity contribution in [1.82, 2.24) is 9.97 Å². The van der Waals surface area contributed by atoms with Crippen molar-refractivity contribution >= 4 is 17.5 Å². The lowest BCUT2D eigenvalue weighted by Gasteiger charge is -2.22. The molecule has 6 heteroatoms. The molecule has 20 heavy (non-hydrogen) atoms. The van der Waals surface area contributed by atoms with Crippen molar-refractivity contribution < 1.29 is 10.2 Å². The highest BCUT2D eigenvalue weighted by Gasteiger charge is 2.21. The third-order valence-electron chi connectivity index (χ3n) is 2.90. The highest BCUT2D eigenvalue weighted by molar-refractivity contribution is 6.30. The second kappa shape index (κ2) is 6.65. The Morgan fingerprint density at radius 3 is 2.55 bits per heavy atom. The first-order valence-corrected chi connectivity index (χ1v) is 6.58. The number of aliphatic hydroxyl groups is 2. The molecule has 1 aromatic carbocycles. The van der Waals surface area contributed by atoms with Crippen LogP contribution in [-0.4, -0.2) is 32.8 Å². The van der Waals surface area contributed by atoms with Crippen molar-refractivity contribution in [2.24, 2.45) is 0 Å². The van der Waals surface area contributed by atoms with E-state index in [0.29, 0.717) is 16.5 Å². The third kappa shape index (κ3) is 3.66. The molecule has 0 unspecified atom stereocenters. The summed E-state index contributed by atoms with van der Waals surface area (Å²) >= 11 is 5.81. The molecule has 0 aliphatic carbocycles. The molecule has 0 saturated heterocycles. The maximum atomic E-state index is 10.3. The summed E-state index contributed by atoms with van der Waals surface area (Å²) in [5.41, 5.74) is 1.47. The summed E-state index contributed by atoms with van der Waals surface area (Å²) in [6.45, 7) is 1.59. The number of nitrogens with zero attached hydrogens (tertiary/aromatic N) is 2. The first-order valence-electron chi connectivity index (χ1n) is 6.20. The molecule has 0 saturated carbocycles. The molecule has 2 rings (SSSR count). The van der Waals surface area contributed by atoms with Crippen LogP contribution >= 0.6 is 11.6 Å². The van der Waals surface area contributed by atoms with Crippen LogP contribution in [-0.2, 0) is 0 Å². The van der Waals surface area contributed by atoms with Gasteiger partial charge in [0.1, 0.15) is 6.10 Å². The minimum atomic E-state index is -0.888. The normalized spacial score (nSPS) is 13.8. The first kappa shape index (κ1) is 14.7. The van der Waals surface area contributed by atoms with Crippen LogP contribution in [0.4, 0.5) is 5.95 Å². The number of benzene rings is 1. The van der Waals surface area contributed by atoms with Crippen LogP contribution in [0.5, 0.6) is 0 Å². The number of aryl methyl sites for hydroxylation is 1. The van der Waals surface area contributed by atoms with Gasteiger partial charge in [-0.1, -0.05) is 23.7 Å². The van der Waals surface area contributed by atoms with Crippen molar-refractivity contribution in [1.29, 1.82) is 0 Å². The van der Waals surface area contributed by atoms with Crippen LogP contribution < -0.4 is 5.32 Å². The summed E-state index contributed by atoms with van der Waals surface area (Å²) in [6.07, 6.45) is 0.731. The van der Waals surface area contributed by atoms with Gasteiger partial charge in [-0.2, -0.15) is 0 Å². The lowest BCUT2D eigenvalue weighted by atomic mass is 10.0. The van der Waals surface area contributed by atoms with Gasteiger partial charge >= 0.3 is 0 Å². The van der Waals surface area contributed by atoms with E-state index in [0.717, 1.165) is 5.69 Å². The van der Waals surface area contributed by atoms with E-state index in [2.05, 4.69) is 15.3 Å². The fraction of sp³-hybridized carbons (Fsp3) is 0.286. The molecular formula is C14H16ClN3O2. The lowest BCUT2D eigenvalue weighted by molar-refractivity contribution is 0.118. The third-order valence-corrected chi connectivity index (χ3v) is 3.15. The Kier molecular flexibility index (Phi) is 4.89. The zero-order valence-corrected chi connectivity index (χ0v) is 11.7. The van der Waals surface area contributed by atoms with Gasteiger partial charge in [0.2, 0.25) is 5.95 Å². The van der Waals surface area contributed by atoms with E-state index in [1.165, 1.54) is 0 Å². The number of aromatic nitrogens is 2. The highest BCUT2D eigenvalue weighted by atomic mass is 35.5. The Labute approximate surface area is 122 Å². The minimum Gasteiger partial charge on any atom is -0.394 e. The van der Waals surface area contributed by atoms with Gasteiger partial charge in [0, 0.05) is 16.9 Å². The SMILES string of the molecule is Cc1ccnc(N[C@@H](CO)[C@@H](O)c2ccc(Cl)cc2)n1. The molecular weight excluding hydrogens is 278 g/mol. The van der Waals surface area contributed by atoms with Crippen LogP contribution in [0.15, 0.2) is 36.5 Å². The van der Waals surface area contributed by atoms with Gasteiger partial charge in [0.15, 0.2) is 0 Å². The molecule has 106 valence electrons. The maximum Gasteiger partial charge on any atom is 0.223 e. The van der Waals surface area contributed by atoms with Crippen molar-refractivity contribution in [3.8, 4) is 0 Å². The van der Waals surface area contributed by atoms with Gasteiger partial charge in [-0.3, -0.25) is 0 Å². The largest absolute Gasteiger partial charge is 0.394 e. The number of nitrogens with one attached hydrogen (secondary N) is 1. The molecule has 0 bridgehead atoms. The van der Waals surface area contributed by atoms with E-state index in [-0.39, 0.29) is 6.61 Å². The predicted molar refractivity (Wildman–Crippen MR) is 77.7 cm³/mol. The number of halogens is 1. The molecule has 0 aliphatic heterocycles. The van der Waals surface area contributed by atoms with E-state index in [4.69, 9.17) is 11.6 Å². The molecule has 2 atom stereocenters. The van der Waals surface area contributed by atoms with Crippen LogP contribution in [0.2, 0.25) is 5.02 Å². The second-order valence-corrected chi connectivity index (χ2v) is 4.89. The fourth-order valence-corrected chi connectivity index (χ4v) is 1.93. The standard InChI is InChI=1S/C14H16ClN3O2/c1-9-6-7-16-14(17-9)18-12(8-19)13(20)10-2-4-11(15)5-3-10/h2-7,12-13,19-20H,8H2,1H3,(H,16,17,18)/t12-,13-/m0/s1. The average Bonchev–Trinajstić information content (AvgIpc) is 2.45. The van der Waals surface area contributed by atoms with Crippen LogP contribution in [0.25, 0.3) is 0 Å². The van der Waals surface area contributed by atoms with E-state index in [1.807, 2.05) is 6.92 Å². The van der Waals surface area contributed by atoms with E-state index >= 15 is 0 Å². The molecule has 0 fully saturated rings. The molecule has 0 spiro atoms. The van der Waals surface area contributed by atoms with Crippen molar-refractivity contribution in [3.05, 3.63) is 52.8 Å². The smallest absolute Gasteiger partial charge is 0.223 e. The van der Waals surface area contributed by atoms with Crippen molar-refractivity contribution in [3.63, 3.8) is 0 Å². The molecule has 0 amide bonds. The zero-order valence-electron chi connectivity index (χ0n) is 11.0. The van der Waals surface area contributed by atoms with E-state index in [1.54, 1.807) is 36.5 Å². The molecule has 1 aromatic heterocycles. The predicted octanol–water partition coefficient (Wildman–Crippen LogP) is 1.94. The van der Waals surface area contributed by atoms with E-state index in [9.17, 15) is 10.2 Å².